The van der Waals surface area contributed by atoms with E-state index < -0.39 is 0 Å². The summed E-state index contributed by atoms with van der Waals surface area (Å²) in [5.41, 5.74) is 1.98. The Hall–Kier alpha value is -2.25. The van der Waals surface area contributed by atoms with Crippen molar-refractivity contribution >= 4 is 33.4 Å². The lowest BCUT2D eigenvalue weighted by atomic mass is 10.2. The standard InChI is InChI=1S/C17H18BrN3O3/c1-11-10-12(18)6-7-13(11)21-17(23)15-5-3-4-14(20-15)16(22)19-8-9-24-2/h3-7,10H,8-9H2,1-2H3,(H,19,22)(H,21,23). The Balaban J connectivity index is 2.09. The Morgan fingerprint density at radius 2 is 1.88 bits per heavy atom. The predicted octanol–water partition coefficient (Wildman–Crippen LogP) is 2.78. The summed E-state index contributed by atoms with van der Waals surface area (Å²) >= 11 is 3.38. The zero-order valence-corrected chi connectivity index (χ0v) is 15.0. The molecule has 126 valence electrons. The van der Waals surface area contributed by atoms with Crippen molar-refractivity contribution in [3.63, 3.8) is 0 Å². The van der Waals surface area contributed by atoms with Crippen LogP contribution in [0.2, 0.25) is 0 Å². The number of aromatic nitrogens is 1. The molecule has 6 nitrogen and oxygen atoms in total. The highest BCUT2D eigenvalue weighted by molar-refractivity contribution is 9.10. The molecule has 0 aliphatic carbocycles. The maximum Gasteiger partial charge on any atom is 0.274 e. The topological polar surface area (TPSA) is 80.3 Å². The number of nitrogens with one attached hydrogen (secondary N) is 2. The Labute approximate surface area is 148 Å². The molecule has 0 radical (unpaired) electrons. The third kappa shape index (κ3) is 4.87. The lowest BCUT2D eigenvalue weighted by molar-refractivity contribution is 0.0932. The van der Waals surface area contributed by atoms with Gasteiger partial charge in [-0.3, -0.25) is 9.59 Å². The highest BCUT2D eigenvalue weighted by atomic mass is 79.9. The van der Waals surface area contributed by atoms with E-state index in [0.717, 1.165) is 10.0 Å². The van der Waals surface area contributed by atoms with E-state index in [1.807, 2.05) is 19.1 Å². The molecule has 0 spiro atoms. The van der Waals surface area contributed by atoms with E-state index in [-0.39, 0.29) is 23.2 Å². The average molecular weight is 392 g/mol. The van der Waals surface area contributed by atoms with E-state index in [0.29, 0.717) is 18.8 Å². The summed E-state index contributed by atoms with van der Waals surface area (Å²) in [5, 5.41) is 5.47. The molecule has 2 amide bonds. The fourth-order valence-corrected chi connectivity index (χ4v) is 2.47. The Kier molecular flexibility index (Phi) is 6.45. The number of carbonyl (C=O) groups is 2. The molecule has 2 N–H and O–H groups in total. The molecule has 2 aromatic rings. The minimum Gasteiger partial charge on any atom is -0.383 e. The van der Waals surface area contributed by atoms with E-state index in [1.165, 1.54) is 0 Å². The van der Waals surface area contributed by atoms with Crippen LogP contribution in [0.25, 0.3) is 0 Å². The molecule has 0 atom stereocenters. The SMILES string of the molecule is COCCNC(=O)c1cccc(C(=O)Nc2ccc(Br)cc2C)n1. The zero-order valence-electron chi connectivity index (χ0n) is 13.4. The van der Waals surface area contributed by atoms with Crippen LogP contribution in [0, 0.1) is 6.92 Å². The number of carbonyl (C=O) groups excluding carboxylic acids is 2. The fraction of sp³-hybridized carbons (Fsp3) is 0.235. The van der Waals surface area contributed by atoms with Crippen molar-refractivity contribution in [1.82, 2.24) is 10.3 Å². The van der Waals surface area contributed by atoms with Crippen molar-refractivity contribution in [2.24, 2.45) is 0 Å². The van der Waals surface area contributed by atoms with Gasteiger partial charge in [-0.1, -0.05) is 22.0 Å². The van der Waals surface area contributed by atoms with Crippen LogP contribution in [-0.4, -0.2) is 37.1 Å². The number of halogens is 1. The predicted molar refractivity (Wildman–Crippen MR) is 95.3 cm³/mol. The summed E-state index contributed by atoms with van der Waals surface area (Å²) in [5.74, 6) is -0.714. The Bertz CT molecular complexity index is 750. The largest absolute Gasteiger partial charge is 0.383 e. The molecule has 0 bridgehead atoms. The second kappa shape index (κ2) is 8.56. The molecule has 0 aliphatic rings. The van der Waals surface area contributed by atoms with E-state index in [9.17, 15) is 9.59 Å². The van der Waals surface area contributed by atoms with Crippen LogP contribution < -0.4 is 10.6 Å². The van der Waals surface area contributed by atoms with Gasteiger partial charge in [-0.2, -0.15) is 0 Å². The molecule has 0 unspecified atom stereocenters. The normalized spacial score (nSPS) is 10.3. The van der Waals surface area contributed by atoms with Gasteiger partial charge in [0, 0.05) is 23.8 Å². The third-order valence-electron chi connectivity index (χ3n) is 3.24. The Morgan fingerprint density at radius 1 is 1.17 bits per heavy atom. The first kappa shape index (κ1) is 18.1. The second-order valence-electron chi connectivity index (χ2n) is 5.07. The lowest BCUT2D eigenvalue weighted by Crippen LogP contribution is -2.28. The number of pyridine rings is 1. The van der Waals surface area contributed by atoms with Crippen molar-refractivity contribution in [2.45, 2.75) is 6.92 Å². The monoisotopic (exact) mass is 391 g/mol. The Morgan fingerprint density at radius 3 is 2.54 bits per heavy atom. The number of hydrogen-bond acceptors (Lipinski definition) is 4. The molecule has 2 rings (SSSR count). The van der Waals surface area contributed by atoms with Crippen molar-refractivity contribution in [3.05, 3.63) is 57.8 Å². The summed E-state index contributed by atoms with van der Waals surface area (Å²) in [4.78, 5) is 28.4. The van der Waals surface area contributed by atoms with Crippen molar-refractivity contribution < 1.29 is 14.3 Å². The van der Waals surface area contributed by atoms with Gasteiger partial charge < -0.3 is 15.4 Å². The van der Waals surface area contributed by atoms with Crippen LogP contribution in [-0.2, 0) is 4.74 Å². The lowest BCUT2D eigenvalue weighted by Gasteiger charge is -2.09. The van der Waals surface area contributed by atoms with Gasteiger partial charge in [-0.05, 0) is 42.8 Å². The number of amides is 2. The summed E-state index contributed by atoms with van der Waals surface area (Å²) in [6.45, 7) is 2.69. The maximum absolute atomic E-state index is 12.3. The second-order valence-corrected chi connectivity index (χ2v) is 5.99. The molecule has 0 aliphatic heterocycles. The highest BCUT2D eigenvalue weighted by Crippen LogP contribution is 2.20. The first-order valence-corrected chi connectivity index (χ1v) is 8.12. The van der Waals surface area contributed by atoms with Crippen LogP contribution in [0.5, 0.6) is 0 Å². The minimum absolute atomic E-state index is 0.178. The molecule has 0 saturated carbocycles. The summed E-state index contributed by atoms with van der Waals surface area (Å²) < 4.78 is 5.81. The van der Waals surface area contributed by atoms with Gasteiger partial charge in [0.2, 0.25) is 0 Å². The molecule has 7 heteroatoms. The number of nitrogens with zero attached hydrogens (tertiary/aromatic N) is 1. The van der Waals surface area contributed by atoms with Crippen LogP contribution in [0.3, 0.4) is 0 Å². The molecular formula is C17H18BrN3O3. The summed E-state index contributed by atoms with van der Waals surface area (Å²) in [7, 11) is 1.56. The maximum atomic E-state index is 12.3. The highest BCUT2D eigenvalue weighted by Gasteiger charge is 2.13. The third-order valence-corrected chi connectivity index (χ3v) is 3.74. The number of methoxy groups -OCH3 is 1. The van der Waals surface area contributed by atoms with Crippen LogP contribution in [0.15, 0.2) is 40.9 Å². The minimum atomic E-state index is -0.369. The van der Waals surface area contributed by atoms with E-state index in [1.54, 1.807) is 31.4 Å². The van der Waals surface area contributed by atoms with Gasteiger partial charge in [0.15, 0.2) is 0 Å². The molecule has 1 heterocycles. The molecular weight excluding hydrogens is 374 g/mol. The summed E-state index contributed by atoms with van der Waals surface area (Å²) in [6.07, 6.45) is 0. The molecule has 1 aromatic heterocycles. The molecule has 0 fully saturated rings. The smallest absolute Gasteiger partial charge is 0.274 e. The van der Waals surface area contributed by atoms with Gasteiger partial charge in [0.25, 0.3) is 11.8 Å². The average Bonchev–Trinajstić information content (AvgIpc) is 2.57. The van der Waals surface area contributed by atoms with Crippen LogP contribution in [0.4, 0.5) is 5.69 Å². The van der Waals surface area contributed by atoms with Gasteiger partial charge in [-0.15, -0.1) is 0 Å². The number of ether oxygens (including phenoxy) is 1. The van der Waals surface area contributed by atoms with Crippen molar-refractivity contribution in [3.8, 4) is 0 Å². The quantitative estimate of drug-likeness (QED) is 0.741. The van der Waals surface area contributed by atoms with E-state index >= 15 is 0 Å². The van der Waals surface area contributed by atoms with Gasteiger partial charge in [-0.25, -0.2) is 4.98 Å². The first-order valence-electron chi connectivity index (χ1n) is 7.33. The van der Waals surface area contributed by atoms with Crippen LogP contribution in [0.1, 0.15) is 26.5 Å². The summed E-state index contributed by atoms with van der Waals surface area (Å²) in [6, 6.07) is 10.3. The molecule has 24 heavy (non-hydrogen) atoms. The number of rotatable bonds is 6. The molecule has 0 saturated heterocycles. The number of anilines is 1. The van der Waals surface area contributed by atoms with E-state index in [4.69, 9.17) is 4.74 Å². The first-order chi connectivity index (χ1) is 11.5. The number of aryl methyl sites for hydroxylation is 1. The van der Waals surface area contributed by atoms with E-state index in [2.05, 4.69) is 31.5 Å². The van der Waals surface area contributed by atoms with Crippen molar-refractivity contribution in [1.29, 1.82) is 0 Å². The fourth-order valence-electron chi connectivity index (χ4n) is 2.00. The van der Waals surface area contributed by atoms with Gasteiger partial charge in [0.1, 0.15) is 11.4 Å². The van der Waals surface area contributed by atoms with Gasteiger partial charge in [0.05, 0.1) is 6.61 Å². The van der Waals surface area contributed by atoms with Crippen molar-refractivity contribution in [2.75, 3.05) is 25.6 Å². The number of benzene rings is 1. The zero-order chi connectivity index (χ0) is 17.5. The molecule has 1 aromatic carbocycles. The van der Waals surface area contributed by atoms with Gasteiger partial charge >= 0.3 is 0 Å². The van der Waals surface area contributed by atoms with Crippen LogP contribution >= 0.6 is 15.9 Å². The number of hydrogen-bond donors (Lipinski definition) is 2.